The number of rotatable bonds is 4. The van der Waals surface area contributed by atoms with Crippen LogP contribution in [0, 0.1) is 10.1 Å². The second-order valence-electron chi connectivity index (χ2n) is 3.43. The van der Waals surface area contributed by atoms with Crippen molar-refractivity contribution in [3.63, 3.8) is 0 Å². The zero-order valence-corrected chi connectivity index (χ0v) is 9.62. The van der Waals surface area contributed by atoms with Gasteiger partial charge in [0.25, 0.3) is 0 Å². The molecule has 0 saturated heterocycles. The molecule has 0 saturated carbocycles. The van der Waals surface area contributed by atoms with Crippen LogP contribution in [0.3, 0.4) is 0 Å². The lowest BCUT2D eigenvalue weighted by atomic mass is 10.3. The van der Waals surface area contributed by atoms with E-state index in [-0.39, 0.29) is 11.5 Å². The highest BCUT2D eigenvalue weighted by atomic mass is 16.6. The third-order valence-corrected chi connectivity index (χ3v) is 2.23. The second kappa shape index (κ2) is 5.09. The molecule has 0 radical (unpaired) electrons. The Morgan fingerprint density at radius 3 is 2.61 bits per heavy atom. The number of nitrogens with zero attached hydrogens (tertiary/aromatic N) is 3. The minimum Gasteiger partial charge on any atom is -0.357 e. The highest BCUT2D eigenvalue weighted by Gasteiger charge is 2.16. The van der Waals surface area contributed by atoms with Gasteiger partial charge in [-0.05, 0) is 12.1 Å². The van der Waals surface area contributed by atoms with Crippen LogP contribution in [0.2, 0.25) is 0 Å². The van der Waals surface area contributed by atoms with Gasteiger partial charge in [-0.25, -0.2) is 4.98 Å². The fourth-order valence-corrected chi connectivity index (χ4v) is 1.38. The Morgan fingerprint density at radius 2 is 2.00 bits per heavy atom. The molecular formula is C11H11N5O2. The van der Waals surface area contributed by atoms with E-state index in [0.717, 1.165) is 5.69 Å². The summed E-state index contributed by atoms with van der Waals surface area (Å²) in [4.78, 5) is 18.2. The molecule has 0 atom stereocenters. The Labute approximate surface area is 103 Å². The Hall–Kier alpha value is -2.70. The lowest BCUT2D eigenvalue weighted by molar-refractivity contribution is -0.384. The van der Waals surface area contributed by atoms with Crippen LogP contribution in [0.4, 0.5) is 23.1 Å². The van der Waals surface area contributed by atoms with E-state index in [2.05, 4.69) is 20.6 Å². The molecule has 1 heterocycles. The zero-order valence-electron chi connectivity index (χ0n) is 9.62. The van der Waals surface area contributed by atoms with Crippen molar-refractivity contribution >= 4 is 23.1 Å². The fraction of sp³-hybridized carbons (Fsp3) is 0.0909. The van der Waals surface area contributed by atoms with Gasteiger partial charge in [-0.2, -0.15) is 4.98 Å². The summed E-state index contributed by atoms with van der Waals surface area (Å²) in [5.74, 6) is 0.476. The zero-order chi connectivity index (χ0) is 13.0. The fourth-order valence-electron chi connectivity index (χ4n) is 1.38. The molecule has 1 aromatic carbocycles. The van der Waals surface area contributed by atoms with Crippen molar-refractivity contribution in [2.24, 2.45) is 0 Å². The largest absolute Gasteiger partial charge is 0.357 e. The number of para-hydroxylation sites is 1. The molecule has 0 aliphatic carbocycles. The molecule has 7 heteroatoms. The molecule has 0 fully saturated rings. The highest BCUT2D eigenvalue weighted by Crippen LogP contribution is 2.25. The van der Waals surface area contributed by atoms with E-state index in [0.29, 0.717) is 5.95 Å². The number of anilines is 3. The van der Waals surface area contributed by atoms with Crippen molar-refractivity contribution in [3.05, 3.63) is 46.6 Å². The third kappa shape index (κ3) is 2.51. The van der Waals surface area contributed by atoms with Crippen molar-refractivity contribution in [3.8, 4) is 0 Å². The molecule has 0 amide bonds. The lowest BCUT2D eigenvalue weighted by Crippen LogP contribution is -2.04. The van der Waals surface area contributed by atoms with E-state index < -0.39 is 4.92 Å². The molecule has 0 bridgehead atoms. The summed E-state index contributed by atoms with van der Waals surface area (Å²) in [5.41, 5.74) is 0.555. The van der Waals surface area contributed by atoms with Gasteiger partial charge in [0, 0.05) is 12.7 Å². The Balaban J connectivity index is 2.38. The number of aromatic nitrogens is 2. The summed E-state index contributed by atoms with van der Waals surface area (Å²) in [6.07, 6.45) is 1.17. The molecule has 18 heavy (non-hydrogen) atoms. The summed E-state index contributed by atoms with van der Waals surface area (Å²) >= 11 is 0. The topological polar surface area (TPSA) is 93.0 Å². The first-order valence-electron chi connectivity index (χ1n) is 5.22. The van der Waals surface area contributed by atoms with Crippen LogP contribution < -0.4 is 10.6 Å². The summed E-state index contributed by atoms with van der Waals surface area (Å²) in [6.45, 7) is 0. The van der Waals surface area contributed by atoms with Crippen LogP contribution >= 0.6 is 0 Å². The predicted molar refractivity (Wildman–Crippen MR) is 68.0 cm³/mol. The van der Waals surface area contributed by atoms with Crippen molar-refractivity contribution in [1.82, 2.24) is 9.97 Å². The minimum absolute atomic E-state index is 0.158. The van der Waals surface area contributed by atoms with Crippen molar-refractivity contribution in [2.75, 3.05) is 17.7 Å². The molecule has 0 spiro atoms. The van der Waals surface area contributed by atoms with Gasteiger partial charge in [0.15, 0.2) is 0 Å². The third-order valence-electron chi connectivity index (χ3n) is 2.23. The van der Waals surface area contributed by atoms with Gasteiger partial charge in [-0.15, -0.1) is 0 Å². The Morgan fingerprint density at radius 1 is 1.28 bits per heavy atom. The van der Waals surface area contributed by atoms with E-state index in [1.807, 2.05) is 18.2 Å². The lowest BCUT2D eigenvalue weighted by Gasteiger charge is -2.07. The molecule has 2 aromatic rings. The number of hydrogen-bond donors (Lipinski definition) is 2. The number of nitro groups is 1. The Kier molecular flexibility index (Phi) is 3.33. The van der Waals surface area contributed by atoms with Crippen LogP contribution in [0.5, 0.6) is 0 Å². The summed E-state index contributed by atoms with van der Waals surface area (Å²) in [7, 11) is 1.65. The van der Waals surface area contributed by atoms with Crippen LogP contribution in [-0.4, -0.2) is 21.9 Å². The van der Waals surface area contributed by atoms with Crippen molar-refractivity contribution < 1.29 is 4.92 Å². The highest BCUT2D eigenvalue weighted by molar-refractivity contribution is 5.65. The first-order valence-corrected chi connectivity index (χ1v) is 5.22. The number of hydrogen-bond acceptors (Lipinski definition) is 6. The van der Waals surface area contributed by atoms with Gasteiger partial charge in [0.1, 0.15) is 6.20 Å². The van der Waals surface area contributed by atoms with Crippen molar-refractivity contribution in [2.45, 2.75) is 0 Å². The smallest absolute Gasteiger partial charge is 0.329 e. The average molecular weight is 245 g/mol. The van der Waals surface area contributed by atoms with Crippen LogP contribution in [0.15, 0.2) is 36.5 Å². The van der Waals surface area contributed by atoms with E-state index in [9.17, 15) is 10.1 Å². The van der Waals surface area contributed by atoms with E-state index in [1.54, 1.807) is 19.2 Å². The average Bonchev–Trinajstić information content (AvgIpc) is 2.39. The molecule has 92 valence electrons. The van der Waals surface area contributed by atoms with E-state index in [4.69, 9.17) is 0 Å². The molecule has 2 rings (SSSR count). The molecule has 7 nitrogen and oxygen atoms in total. The standard InChI is InChI=1S/C11H11N5O2/c1-12-11-13-7-9(16(17)18)10(15-11)14-8-5-3-2-4-6-8/h2-7H,1H3,(H2,12,13,14,15). The maximum atomic E-state index is 10.9. The maximum absolute atomic E-state index is 10.9. The van der Waals surface area contributed by atoms with Gasteiger partial charge >= 0.3 is 5.69 Å². The molecule has 0 aliphatic heterocycles. The first kappa shape index (κ1) is 11.8. The number of benzene rings is 1. The minimum atomic E-state index is -0.523. The van der Waals surface area contributed by atoms with E-state index in [1.165, 1.54) is 6.20 Å². The van der Waals surface area contributed by atoms with Gasteiger partial charge < -0.3 is 10.6 Å². The molecule has 0 unspecified atom stereocenters. The van der Waals surface area contributed by atoms with Crippen LogP contribution in [0.1, 0.15) is 0 Å². The quantitative estimate of drug-likeness (QED) is 0.633. The Bertz CT molecular complexity index is 559. The van der Waals surface area contributed by atoms with Crippen LogP contribution in [-0.2, 0) is 0 Å². The van der Waals surface area contributed by atoms with Gasteiger partial charge in [-0.3, -0.25) is 10.1 Å². The van der Waals surface area contributed by atoms with Gasteiger partial charge in [-0.1, -0.05) is 18.2 Å². The maximum Gasteiger partial charge on any atom is 0.329 e. The second-order valence-corrected chi connectivity index (χ2v) is 3.43. The van der Waals surface area contributed by atoms with Gasteiger partial charge in [0.2, 0.25) is 11.8 Å². The molecule has 2 N–H and O–H groups in total. The van der Waals surface area contributed by atoms with Crippen LogP contribution in [0.25, 0.3) is 0 Å². The SMILES string of the molecule is CNc1ncc([N+](=O)[O-])c(Nc2ccccc2)n1. The monoisotopic (exact) mass is 245 g/mol. The predicted octanol–water partition coefficient (Wildman–Crippen LogP) is 2.17. The van der Waals surface area contributed by atoms with Crippen molar-refractivity contribution in [1.29, 1.82) is 0 Å². The molecular weight excluding hydrogens is 234 g/mol. The molecule has 0 aliphatic rings. The number of nitrogens with one attached hydrogen (secondary N) is 2. The summed E-state index contributed by atoms with van der Waals surface area (Å²) in [5, 5.41) is 16.5. The molecule has 1 aromatic heterocycles. The summed E-state index contributed by atoms with van der Waals surface area (Å²) in [6, 6.07) is 9.11. The normalized spacial score (nSPS) is 9.83. The summed E-state index contributed by atoms with van der Waals surface area (Å²) < 4.78 is 0. The van der Waals surface area contributed by atoms with Gasteiger partial charge in [0.05, 0.1) is 4.92 Å². The van der Waals surface area contributed by atoms with E-state index >= 15 is 0 Å². The first-order chi connectivity index (χ1) is 8.70.